The average Bonchev–Trinajstić information content (AvgIpc) is 2.11. The van der Waals surface area contributed by atoms with E-state index in [2.05, 4.69) is 27.7 Å². The van der Waals surface area contributed by atoms with E-state index < -0.39 is 0 Å². The second-order valence-electron chi connectivity index (χ2n) is 4.78. The first-order valence-corrected chi connectivity index (χ1v) is 7.47. The van der Waals surface area contributed by atoms with E-state index in [0.717, 1.165) is 11.8 Å². The molecule has 0 saturated carbocycles. The van der Waals surface area contributed by atoms with Gasteiger partial charge >= 0.3 is 86.2 Å². The van der Waals surface area contributed by atoms with Crippen LogP contribution >= 0.6 is 0 Å². The Labute approximate surface area is 86.1 Å². The van der Waals surface area contributed by atoms with Crippen LogP contribution in [-0.4, -0.2) is 4.43 Å². The molecule has 0 spiro atoms. The molecule has 0 nitrogen and oxygen atoms in total. The predicted octanol–water partition coefficient (Wildman–Crippen LogP) is 0.0452. The Morgan fingerprint density at radius 1 is 1.50 bits per heavy atom. The van der Waals surface area contributed by atoms with Crippen LogP contribution < -0.4 is 21.2 Å². The first kappa shape index (κ1) is 9.04. The fourth-order valence-corrected chi connectivity index (χ4v) is 5.59. The van der Waals surface area contributed by atoms with E-state index in [1.54, 1.807) is 0 Å². The van der Waals surface area contributed by atoms with Crippen molar-refractivity contribution in [1.29, 1.82) is 0 Å². The molecular weight excluding hydrogens is 259 g/mol. The van der Waals surface area contributed by atoms with E-state index in [9.17, 15) is 0 Å². The first-order valence-electron chi connectivity index (χ1n) is 4.86. The summed E-state index contributed by atoms with van der Waals surface area (Å²) >= 11 is 0.502. The van der Waals surface area contributed by atoms with Crippen LogP contribution in [0, 0.1) is 17.3 Å². The SMILES string of the molecule is CC(C)[C@@]1(C)CC2=C([I-]C2)[C@@H]1C. The number of hydrogen-bond donors (Lipinski definition) is 0. The van der Waals surface area contributed by atoms with Crippen LogP contribution in [0.5, 0.6) is 0 Å². The van der Waals surface area contributed by atoms with Crippen molar-refractivity contribution in [3.05, 3.63) is 9.15 Å². The van der Waals surface area contributed by atoms with Gasteiger partial charge in [0.15, 0.2) is 0 Å². The van der Waals surface area contributed by atoms with Gasteiger partial charge in [-0.1, -0.05) is 0 Å². The predicted molar refractivity (Wildman–Crippen MR) is 48.6 cm³/mol. The second-order valence-corrected chi connectivity index (χ2v) is 7.47. The van der Waals surface area contributed by atoms with E-state index in [0.29, 0.717) is 26.6 Å². The molecular formula is C11H18I-. The first-order chi connectivity index (χ1) is 5.55. The maximum atomic E-state index is 2.49. The van der Waals surface area contributed by atoms with Crippen molar-refractivity contribution in [3.8, 4) is 0 Å². The molecule has 70 valence electrons. The molecule has 0 amide bonds. The van der Waals surface area contributed by atoms with Crippen molar-refractivity contribution in [2.45, 2.75) is 34.1 Å². The monoisotopic (exact) mass is 277 g/mol. The van der Waals surface area contributed by atoms with Crippen molar-refractivity contribution in [2.24, 2.45) is 17.3 Å². The van der Waals surface area contributed by atoms with E-state index in [1.165, 1.54) is 10.8 Å². The van der Waals surface area contributed by atoms with Gasteiger partial charge < -0.3 is 0 Å². The minimum atomic E-state index is 0.502. The molecule has 0 N–H and O–H groups in total. The molecule has 0 aromatic rings. The Kier molecular flexibility index (Phi) is 2.06. The van der Waals surface area contributed by atoms with Gasteiger partial charge in [-0.2, -0.15) is 0 Å². The van der Waals surface area contributed by atoms with E-state index in [1.807, 2.05) is 9.15 Å². The zero-order valence-corrected chi connectivity index (χ0v) is 10.6. The minimum absolute atomic E-state index is 0.502. The van der Waals surface area contributed by atoms with Gasteiger partial charge in [0.25, 0.3) is 0 Å². The molecule has 0 saturated heterocycles. The summed E-state index contributed by atoms with van der Waals surface area (Å²) in [6.07, 6.45) is 1.42. The summed E-state index contributed by atoms with van der Waals surface area (Å²) in [5.74, 6) is 1.76. The van der Waals surface area contributed by atoms with Crippen molar-refractivity contribution < 1.29 is 21.2 Å². The summed E-state index contributed by atoms with van der Waals surface area (Å²) < 4.78 is 3.44. The Hall–Kier alpha value is 0.470. The molecule has 0 radical (unpaired) electrons. The average molecular weight is 277 g/mol. The van der Waals surface area contributed by atoms with Crippen molar-refractivity contribution >= 4 is 0 Å². The second kappa shape index (κ2) is 2.73. The van der Waals surface area contributed by atoms with Crippen LogP contribution in [0.15, 0.2) is 9.15 Å². The van der Waals surface area contributed by atoms with E-state index in [-0.39, 0.29) is 0 Å². The van der Waals surface area contributed by atoms with Gasteiger partial charge in [0.1, 0.15) is 0 Å². The Morgan fingerprint density at radius 3 is 2.42 bits per heavy atom. The summed E-state index contributed by atoms with van der Waals surface area (Å²) in [5.41, 5.74) is 2.47. The standard InChI is InChI=1S/C11H18I/c1-7(2)11(4)5-9-6-12-10(9)8(11)3/h7-8H,5-6H2,1-4H3/q-1/t8-,11+/m0/s1. The molecule has 1 aliphatic heterocycles. The van der Waals surface area contributed by atoms with Gasteiger partial charge in [-0.15, -0.1) is 0 Å². The summed E-state index contributed by atoms with van der Waals surface area (Å²) in [4.78, 5) is 0. The van der Waals surface area contributed by atoms with Crippen molar-refractivity contribution in [1.82, 2.24) is 0 Å². The molecule has 2 aliphatic rings. The fraction of sp³-hybridized carbons (Fsp3) is 0.818. The summed E-state index contributed by atoms with van der Waals surface area (Å²) in [5, 5.41) is 0. The third-order valence-electron chi connectivity index (χ3n) is 3.99. The third-order valence-corrected chi connectivity index (χ3v) is 7.81. The topological polar surface area (TPSA) is 0 Å². The summed E-state index contributed by atoms with van der Waals surface area (Å²) in [6, 6.07) is 0. The molecule has 0 bridgehead atoms. The molecule has 2 rings (SSSR count). The van der Waals surface area contributed by atoms with Crippen LogP contribution in [0.2, 0.25) is 0 Å². The molecule has 1 aliphatic carbocycles. The molecule has 0 fully saturated rings. The molecule has 0 aromatic heterocycles. The number of hydrogen-bond acceptors (Lipinski definition) is 0. The van der Waals surface area contributed by atoms with Crippen LogP contribution in [0.3, 0.4) is 0 Å². The van der Waals surface area contributed by atoms with Crippen molar-refractivity contribution in [2.75, 3.05) is 4.43 Å². The van der Waals surface area contributed by atoms with Crippen LogP contribution in [0.25, 0.3) is 0 Å². The summed E-state index contributed by atoms with van der Waals surface area (Å²) in [6.45, 7) is 9.73. The molecule has 2 atom stereocenters. The van der Waals surface area contributed by atoms with Gasteiger partial charge in [-0.3, -0.25) is 0 Å². The zero-order chi connectivity index (χ0) is 8.93. The zero-order valence-electron chi connectivity index (χ0n) is 8.45. The molecule has 1 heterocycles. The molecule has 0 aromatic carbocycles. The van der Waals surface area contributed by atoms with Crippen LogP contribution in [0.1, 0.15) is 34.1 Å². The molecule has 0 unspecified atom stereocenters. The van der Waals surface area contributed by atoms with E-state index >= 15 is 0 Å². The molecule has 1 heteroatoms. The van der Waals surface area contributed by atoms with E-state index in [4.69, 9.17) is 0 Å². The summed E-state index contributed by atoms with van der Waals surface area (Å²) in [7, 11) is 0. The fourth-order valence-electron chi connectivity index (χ4n) is 2.40. The maximum absolute atomic E-state index is 2.49. The van der Waals surface area contributed by atoms with Gasteiger partial charge in [-0.25, -0.2) is 0 Å². The van der Waals surface area contributed by atoms with Crippen molar-refractivity contribution in [3.63, 3.8) is 0 Å². The molecule has 12 heavy (non-hydrogen) atoms. The number of allylic oxidation sites excluding steroid dienone is 2. The quantitative estimate of drug-likeness (QED) is 0.469. The number of alkyl halides is 1. The van der Waals surface area contributed by atoms with Gasteiger partial charge in [0, 0.05) is 0 Å². The van der Waals surface area contributed by atoms with Gasteiger partial charge in [-0.05, 0) is 0 Å². The van der Waals surface area contributed by atoms with Crippen LogP contribution in [-0.2, 0) is 0 Å². The van der Waals surface area contributed by atoms with Gasteiger partial charge in [0.2, 0.25) is 0 Å². The van der Waals surface area contributed by atoms with Crippen LogP contribution in [0.4, 0.5) is 0 Å². The Balaban J connectivity index is 2.24. The Bertz CT molecular complexity index is 239. The number of rotatable bonds is 1. The number of halogens is 1. The normalized spacial score (nSPS) is 40.9. The van der Waals surface area contributed by atoms with Gasteiger partial charge in [0.05, 0.1) is 0 Å². The third kappa shape index (κ3) is 1.01. The Morgan fingerprint density at radius 2 is 2.17 bits per heavy atom.